The van der Waals surface area contributed by atoms with Crippen molar-refractivity contribution in [1.29, 1.82) is 0 Å². The van der Waals surface area contributed by atoms with Crippen LogP contribution < -0.4 is 8.92 Å². The van der Waals surface area contributed by atoms with Crippen LogP contribution in [0.1, 0.15) is 76.8 Å². The number of benzene rings is 2. The van der Waals surface area contributed by atoms with Gasteiger partial charge in [-0.3, -0.25) is 4.79 Å². The number of hydrogen-bond donors (Lipinski definition) is 0. The van der Waals surface area contributed by atoms with Gasteiger partial charge in [-0.05, 0) is 56.3 Å². The van der Waals surface area contributed by atoms with Crippen LogP contribution in [-0.2, 0) is 27.8 Å². The Bertz CT molecular complexity index is 1230. The molecule has 0 aromatic heterocycles. The summed E-state index contributed by atoms with van der Waals surface area (Å²) in [7, 11) is -3.99. The summed E-state index contributed by atoms with van der Waals surface area (Å²) in [6.07, 6.45) is 7.74. The Morgan fingerprint density at radius 2 is 1.68 bits per heavy atom. The van der Waals surface area contributed by atoms with Gasteiger partial charge in [0.25, 0.3) is 0 Å². The van der Waals surface area contributed by atoms with Crippen molar-refractivity contribution in [2.24, 2.45) is 16.7 Å². The van der Waals surface area contributed by atoms with E-state index in [1.807, 2.05) is 24.3 Å². The summed E-state index contributed by atoms with van der Waals surface area (Å²) in [5.41, 5.74) is 0.885. The van der Waals surface area contributed by atoms with Crippen LogP contribution in [0.5, 0.6) is 11.5 Å². The number of carbonyl (C=O) groups excluding carboxylic acids is 1. The van der Waals surface area contributed by atoms with Gasteiger partial charge in [0.1, 0.15) is 11.5 Å². The van der Waals surface area contributed by atoms with Crippen LogP contribution in [0, 0.1) is 16.7 Å². The van der Waals surface area contributed by atoms with Gasteiger partial charge in [-0.15, -0.1) is 0 Å². The number of unbranched alkanes of at least 4 members (excludes halogenated alkanes) is 1. The number of rotatable bonds is 8. The molecule has 184 valence electrons. The van der Waals surface area contributed by atoms with E-state index in [4.69, 9.17) is 8.92 Å². The molecule has 2 atom stereocenters. The number of ketones is 1. The molecule has 0 radical (unpaired) electrons. The van der Waals surface area contributed by atoms with Gasteiger partial charge in [0, 0.05) is 28.3 Å². The molecule has 6 heteroatoms. The molecule has 0 saturated heterocycles. The van der Waals surface area contributed by atoms with Crippen molar-refractivity contribution in [1.82, 2.24) is 0 Å². The van der Waals surface area contributed by atoms with Gasteiger partial charge in [0.05, 0.1) is 17.8 Å². The summed E-state index contributed by atoms with van der Waals surface area (Å²) in [6, 6.07) is 7.79. The molecule has 5 rings (SSSR count). The SMILES string of the molecule is CCCCOc1c2c(c(OS(=O)(=O)CC34CCC(CC3=O)C4(C)C)c3ccccc13)CCCC2. The maximum atomic E-state index is 13.6. The molecule has 5 nitrogen and oxygen atoms in total. The van der Waals surface area contributed by atoms with E-state index >= 15 is 0 Å². The molecule has 34 heavy (non-hydrogen) atoms. The second-order valence-corrected chi connectivity index (χ2v) is 12.6. The summed E-state index contributed by atoms with van der Waals surface area (Å²) < 4.78 is 39.5. The normalized spacial score (nSPS) is 25.5. The molecular weight excluding hydrogens is 448 g/mol. The fourth-order valence-electron chi connectivity index (χ4n) is 6.76. The largest absolute Gasteiger partial charge is 0.493 e. The molecular formula is C28H36O5S. The van der Waals surface area contributed by atoms with Crippen LogP contribution in [-0.4, -0.2) is 26.6 Å². The van der Waals surface area contributed by atoms with Crippen molar-refractivity contribution in [3.05, 3.63) is 35.4 Å². The van der Waals surface area contributed by atoms with Crippen molar-refractivity contribution in [3.63, 3.8) is 0 Å². The van der Waals surface area contributed by atoms with Crippen LogP contribution in [0.3, 0.4) is 0 Å². The van der Waals surface area contributed by atoms with Crippen molar-refractivity contribution >= 4 is 26.7 Å². The first-order valence-electron chi connectivity index (χ1n) is 12.8. The maximum Gasteiger partial charge on any atom is 0.310 e. The van der Waals surface area contributed by atoms with E-state index < -0.39 is 15.5 Å². The van der Waals surface area contributed by atoms with E-state index in [1.54, 1.807) is 0 Å². The van der Waals surface area contributed by atoms with Crippen molar-refractivity contribution < 1.29 is 22.1 Å². The van der Waals surface area contributed by atoms with E-state index in [9.17, 15) is 13.2 Å². The molecule has 2 aromatic carbocycles. The van der Waals surface area contributed by atoms with Crippen LogP contribution >= 0.6 is 0 Å². The molecule has 2 saturated carbocycles. The molecule has 3 aliphatic carbocycles. The molecule has 2 aromatic rings. The zero-order valence-corrected chi connectivity index (χ0v) is 21.4. The van der Waals surface area contributed by atoms with Crippen LogP contribution in [0.15, 0.2) is 24.3 Å². The fourth-order valence-corrected chi connectivity index (χ4v) is 8.54. The smallest absolute Gasteiger partial charge is 0.310 e. The molecule has 3 aliphatic rings. The Morgan fingerprint density at radius 1 is 1.03 bits per heavy atom. The lowest BCUT2D eigenvalue weighted by atomic mass is 9.70. The Balaban J connectivity index is 1.57. The highest BCUT2D eigenvalue weighted by Crippen LogP contribution is 2.64. The lowest BCUT2D eigenvalue weighted by Crippen LogP contribution is -2.43. The quantitative estimate of drug-likeness (QED) is 0.339. The Kier molecular flexibility index (Phi) is 5.94. The average molecular weight is 485 g/mol. The molecule has 0 heterocycles. The predicted octanol–water partition coefficient (Wildman–Crippen LogP) is 6.00. The minimum absolute atomic E-state index is 0.0903. The lowest BCUT2D eigenvalue weighted by molar-refractivity contribution is -0.128. The molecule has 0 N–H and O–H groups in total. The average Bonchev–Trinajstić information content (AvgIpc) is 3.15. The molecule has 0 amide bonds. The predicted molar refractivity (Wildman–Crippen MR) is 134 cm³/mol. The van der Waals surface area contributed by atoms with Crippen molar-refractivity contribution in [2.45, 2.75) is 78.6 Å². The summed E-state index contributed by atoms with van der Waals surface area (Å²) in [6.45, 7) is 6.91. The third kappa shape index (κ3) is 3.64. The van der Waals surface area contributed by atoms with E-state index in [2.05, 4.69) is 20.8 Å². The molecule has 2 unspecified atom stereocenters. The highest BCUT2D eigenvalue weighted by Gasteiger charge is 2.65. The molecule has 2 fully saturated rings. The third-order valence-electron chi connectivity index (χ3n) is 8.95. The number of Topliss-reactive ketones (excluding diaryl/α,β-unsaturated/α-hetero) is 1. The van der Waals surface area contributed by atoms with E-state index in [1.165, 1.54) is 0 Å². The Labute approximate surface area is 203 Å². The summed E-state index contributed by atoms with van der Waals surface area (Å²) >= 11 is 0. The van der Waals surface area contributed by atoms with Crippen molar-refractivity contribution in [2.75, 3.05) is 12.4 Å². The highest BCUT2D eigenvalue weighted by molar-refractivity contribution is 7.87. The minimum Gasteiger partial charge on any atom is -0.493 e. The van der Waals surface area contributed by atoms with Gasteiger partial charge in [-0.2, -0.15) is 8.42 Å². The number of fused-ring (bicyclic) bond motifs is 4. The Hall–Kier alpha value is -2.08. The standard InChI is InChI=1S/C28H36O5S/c1-4-5-16-32-25-20-10-6-8-12-22(20)26(23-13-9-7-11-21(23)25)33-34(30,31)18-28-15-14-19(17-24(28)29)27(28,2)3/h6,8,10,12,19H,4-5,7,9,11,13-18H2,1-3H3. The number of ether oxygens (including phenoxy) is 1. The first-order valence-corrected chi connectivity index (χ1v) is 14.4. The highest BCUT2D eigenvalue weighted by atomic mass is 32.2. The lowest BCUT2D eigenvalue weighted by Gasteiger charge is -2.36. The molecule has 0 aliphatic heterocycles. The van der Waals surface area contributed by atoms with Gasteiger partial charge in [0.2, 0.25) is 0 Å². The van der Waals surface area contributed by atoms with Gasteiger partial charge >= 0.3 is 10.1 Å². The van der Waals surface area contributed by atoms with E-state index in [0.717, 1.165) is 72.6 Å². The minimum atomic E-state index is -3.99. The zero-order chi connectivity index (χ0) is 24.1. The van der Waals surface area contributed by atoms with Crippen LogP contribution in [0.2, 0.25) is 0 Å². The van der Waals surface area contributed by atoms with E-state index in [0.29, 0.717) is 25.2 Å². The van der Waals surface area contributed by atoms with Crippen molar-refractivity contribution in [3.8, 4) is 11.5 Å². The van der Waals surface area contributed by atoms with Gasteiger partial charge < -0.3 is 8.92 Å². The van der Waals surface area contributed by atoms with Crippen LogP contribution in [0.25, 0.3) is 10.8 Å². The third-order valence-corrected chi connectivity index (χ3v) is 10.2. The second kappa shape index (κ2) is 8.54. The number of hydrogen-bond acceptors (Lipinski definition) is 5. The first-order chi connectivity index (χ1) is 16.2. The second-order valence-electron chi connectivity index (χ2n) is 11.0. The maximum absolute atomic E-state index is 13.6. The fraction of sp³-hybridized carbons (Fsp3) is 0.607. The monoisotopic (exact) mass is 484 g/mol. The topological polar surface area (TPSA) is 69.7 Å². The van der Waals surface area contributed by atoms with Gasteiger partial charge in [-0.1, -0.05) is 51.5 Å². The first kappa shape index (κ1) is 23.7. The number of carbonyl (C=O) groups is 1. The van der Waals surface area contributed by atoms with Crippen LogP contribution in [0.4, 0.5) is 0 Å². The summed E-state index contributed by atoms with van der Waals surface area (Å²) in [5, 5.41) is 1.68. The molecule has 0 spiro atoms. The van der Waals surface area contributed by atoms with E-state index in [-0.39, 0.29) is 22.9 Å². The summed E-state index contributed by atoms with van der Waals surface area (Å²) in [5.74, 6) is 1.45. The van der Waals surface area contributed by atoms with Gasteiger partial charge in [0.15, 0.2) is 5.75 Å². The molecule has 2 bridgehead atoms. The van der Waals surface area contributed by atoms with Gasteiger partial charge in [-0.25, -0.2) is 0 Å². The zero-order valence-electron chi connectivity index (χ0n) is 20.6. The summed E-state index contributed by atoms with van der Waals surface area (Å²) in [4.78, 5) is 13.0. The Morgan fingerprint density at radius 3 is 2.26 bits per heavy atom.